The van der Waals surface area contributed by atoms with E-state index < -0.39 is 0 Å². The van der Waals surface area contributed by atoms with Crippen molar-refractivity contribution in [3.8, 4) is 33.4 Å². The molecule has 1 aliphatic rings. The fourth-order valence-corrected chi connectivity index (χ4v) is 7.07. The summed E-state index contributed by atoms with van der Waals surface area (Å²) in [6.07, 6.45) is 0.912. The third-order valence-electron chi connectivity index (χ3n) is 9.37. The molecule has 0 amide bonds. The van der Waals surface area contributed by atoms with Crippen molar-refractivity contribution in [2.45, 2.75) is 58.8 Å². The van der Waals surface area contributed by atoms with Crippen LogP contribution in [0.1, 0.15) is 63.8 Å². The normalized spacial score (nSPS) is 11.7. The number of fused-ring (bicyclic) bond motifs is 5. The molecule has 0 saturated heterocycles. The number of halogens is 2. The molecule has 49 heavy (non-hydrogen) atoms. The van der Waals surface area contributed by atoms with E-state index in [0.29, 0.717) is 0 Å². The second-order valence-corrected chi connectivity index (χ2v) is 14.7. The summed E-state index contributed by atoms with van der Waals surface area (Å²) in [5, 5.41) is 5.17. The molecule has 0 saturated carbocycles. The molecule has 0 fully saturated rings. The van der Waals surface area contributed by atoms with Crippen molar-refractivity contribution >= 4 is 21.5 Å². The van der Waals surface area contributed by atoms with Crippen LogP contribution in [0.2, 0.25) is 0 Å². The fraction of sp³-hybridized carbons (Fsp3) is 0.196. The van der Waals surface area contributed by atoms with Crippen LogP contribution in [0.4, 0.5) is 0 Å². The van der Waals surface area contributed by atoms with Gasteiger partial charge in [0, 0.05) is 0 Å². The summed E-state index contributed by atoms with van der Waals surface area (Å²) in [5.41, 5.74) is 13.4. The number of benzene rings is 6. The number of rotatable bonds is 2. The molecule has 0 aliphatic heterocycles. The maximum absolute atomic E-state index is 4.00. The number of hydrogen-bond acceptors (Lipinski definition) is 0. The molecule has 0 N–H and O–H groups in total. The van der Waals surface area contributed by atoms with Crippen LogP contribution in [0.3, 0.4) is 0 Å². The van der Waals surface area contributed by atoms with Crippen LogP contribution in [0.15, 0.2) is 133 Å². The summed E-state index contributed by atoms with van der Waals surface area (Å²) in [7, 11) is 0. The van der Waals surface area contributed by atoms with Gasteiger partial charge in [0.2, 0.25) is 0 Å². The predicted octanol–water partition coefficient (Wildman–Crippen LogP) is 6.70. The van der Waals surface area contributed by atoms with E-state index in [-0.39, 0.29) is 61.8 Å². The minimum absolute atomic E-state index is 0. The van der Waals surface area contributed by atoms with Gasteiger partial charge in [0.15, 0.2) is 0 Å². The third-order valence-corrected chi connectivity index (χ3v) is 9.37. The maximum Gasteiger partial charge on any atom is 4.00 e. The molecule has 3 heteroatoms. The Hall–Kier alpha value is -3.35. The standard InChI is InChI=1S/C41H37.C5H5.2ClH.Zr/c1-40(2,3)38-24-34-28(22-36(38)32-19-11-15-26-13-7-9-17-30(26)32)21-29-23-37(39(25-35(29)34)41(4,5)6)33-20-12-16-27-14-8-10-18-31(27)33;1-2-4-5-3-1;;;/h7-20,22,24-25H,21H2,1-6H3;1-5H;2*1H;/q2*-1;;;+4/p-2. The Morgan fingerprint density at radius 1 is 0.510 bits per heavy atom. The molecule has 244 valence electrons. The first kappa shape index (κ1) is 38.5. The Kier molecular flexibility index (Phi) is 12.0. The first-order valence-corrected chi connectivity index (χ1v) is 16.5. The van der Waals surface area contributed by atoms with Crippen LogP contribution in [0, 0.1) is 6.07 Å². The molecule has 0 unspecified atom stereocenters. The maximum atomic E-state index is 4.00. The van der Waals surface area contributed by atoms with Crippen molar-refractivity contribution in [1.82, 2.24) is 0 Å². The average molecular weight is 757 g/mol. The van der Waals surface area contributed by atoms with Crippen molar-refractivity contribution < 1.29 is 51.0 Å². The first-order valence-electron chi connectivity index (χ1n) is 16.5. The average Bonchev–Trinajstić information content (AvgIpc) is 3.74. The molecule has 7 aromatic carbocycles. The third kappa shape index (κ3) is 7.56. The van der Waals surface area contributed by atoms with Gasteiger partial charge < -0.3 is 24.8 Å². The van der Waals surface area contributed by atoms with Crippen LogP contribution in [0.25, 0.3) is 54.9 Å². The van der Waals surface area contributed by atoms with E-state index >= 15 is 0 Å². The Bertz CT molecular complexity index is 2020. The summed E-state index contributed by atoms with van der Waals surface area (Å²) in [6, 6.07) is 52.4. The van der Waals surface area contributed by atoms with Gasteiger partial charge in [-0.15, -0.1) is 28.8 Å². The van der Waals surface area contributed by atoms with Gasteiger partial charge in [-0.2, -0.15) is 18.2 Å². The van der Waals surface area contributed by atoms with Crippen molar-refractivity contribution in [3.05, 3.63) is 162 Å². The molecule has 0 heterocycles. The largest absolute Gasteiger partial charge is 4.00 e. The van der Waals surface area contributed by atoms with Crippen LogP contribution in [-0.2, 0) is 43.5 Å². The van der Waals surface area contributed by atoms with E-state index in [2.05, 4.69) is 151 Å². The second kappa shape index (κ2) is 15.3. The molecule has 0 atom stereocenters. The van der Waals surface area contributed by atoms with Gasteiger partial charge in [0.1, 0.15) is 0 Å². The van der Waals surface area contributed by atoms with Gasteiger partial charge in [0.05, 0.1) is 0 Å². The molecular weight excluding hydrogens is 715 g/mol. The molecular formula is C46H42Cl2Zr. The van der Waals surface area contributed by atoms with Crippen LogP contribution >= 0.6 is 0 Å². The number of hydrogen-bond donors (Lipinski definition) is 0. The van der Waals surface area contributed by atoms with Crippen molar-refractivity contribution in [2.24, 2.45) is 0 Å². The summed E-state index contributed by atoms with van der Waals surface area (Å²) in [6.45, 7) is 14.0. The van der Waals surface area contributed by atoms with E-state index in [0.717, 1.165) is 6.42 Å². The van der Waals surface area contributed by atoms with Gasteiger partial charge in [-0.3, -0.25) is 0 Å². The molecule has 8 rings (SSSR count). The summed E-state index contributed by atoms with van der Waals surface area (Å²) >= 11 is 0. The smallest absolute Gasteiger partial charge is 1.00 e. The van der Waals surface area contributed by atoms with E-state index in [1.165, 1.54) is 77.2 Å². The summed E-state index contributed by atoms with van der Waals surface area (Å²) < 4.78 is 0. The fourth-order valence-electron chi connectivity index (χ4n) is 7.07. The zero-order valence-corrected chi connectivity index (χ0v) is 33.1. The summed E-state index contributed by atoms with van der Waals surface area (Å²) in [4.78, 5) is 0. The topological polar surface area (TPSA) is 0 Å². The first-order chi connectivity index (χ1) is 22.1. The Labute approximate surface area is 324 Å². The van der Waals surface area contributed by atoms with Crippen molar-refractivity contribution in [3.63, 3.8) is 0 Å². The van der Waals surface area contributed by atoms with Gasteiger partial charge in [-0.25, -0.2) is 12.1 Å². The minimum atomic E-state index is -0.0175. The van der Waals surface area contributed by atoms with Crippen molar-refractivity contribution in [1.29, 1.82) is 0 Å². The molecule has 0 radical (unpaired) electrons. The minimum Gasteiger partial charge on any atom is -1.00 e. The van der Waals surface area contributed by atoms with Crippen LogP contribution in [-0.4, -0.2) is 0 Å². The molecule has 0 aromatic heterocycles. The van der Waals surface area contributed by atoms with Gasteiger partial charge in [0.25, 0.3) is 0 Å². The quantitative estimate of drug-likeness (QED) is 0.172. The zero-order chi connectivity index (χ0) is 32.1. The second-order valence-electron chi connectivity index (χ2n) is 14.7. The Morgan fingerprint density at radius 2 is 1.02 bits per heavy atom. The van der Waals surface area contributed by atoms with Gasteiger partial charge in [-0.05, 0) is 55.7 Å². The Morgan fingerprint density at radius 3 is 1.57 bits per heavy atom. The monoisotopic (exact) mass is 754 g/mol. The molecule has 7 aromatic rings. The molecule has 0 bridgehead atoms. The molecule has 1 aliphatic carbocycles. The predicted molar refractivity (Wildman–Crippen MR) is 199 cm³/mol. The van der Waals surface area contributed by atoms with E-state index in [1.807, 2.05) is 30.3 Å². The SMILES string of the molecule is CC(C)(C)c1cc2c([c-]c1-c1cccc3ccccc13)Cc1cc(-c3cccc4ccccc34)c(C(C)(C)C)cc1-2.[Cl-].[Cl-].[Zr+4].c1cc[cH-]c1. The van der Waals surface area contributed by atoms with Crippen LogP contribution < -0.4 is 24.8 Å². The Balaban J connectivity index is 0.000000623. The molecule has 0 spiro atoms. The molecule has 0 nitrogen and oxygen atoms in total. The van der Waals surface area contributed by atoms with Crippen LogP contribution in [0.5, 0.6) is 0 Å². The van der Waals surface area contributed by atoms with E-state index in [9.17, 15) is 0 Å². The van der Waals surface area contributed by atoms with E-state index in [4.69, 9.17) is 0 Å². The zero-order valence-electron chi connectivity index (χ0n) is 29.2. The summed E-state index contributed by atoms with van der Waals surface area (Å²) in [5.74, 6) is 0. The van der Waals surface area contributed by atoms with Gasteiger partial charge >= 0.3 is 26.2 Å². The van der Waals surface area contributed by atoms with E-state index in [1.54, 1.807) is 0 Å². The van der Waals surface area contributed by atoms with Gasteiger partial charge in [-0.1, -0.05) is 161 Å². The van der Waals surface area contributed by atoms with Crippen molar-refractivity contribution in [2.75, 3.05) is 0 Å².